The summed E-state index contributed by atoms with van der Waals surface area (Å²) < 4.78 is 18.4. The molecule has 0 aliphatic carbocycles. The Balaban J connectivity index is 1.90. The molecule has 2 heterocycles. The Bertz CT molecular complexity index is 785. The molecule has 1 aromatic carbocycles. The molecule has 0 unspecified atom stereocenters. The van der Waals surface area contributed by atoms with Crippen molar-refractivity contribution in [1.29, 1.82) is 0 Å². The normalized spacial score (nSPS) is 15.4. The van der Waals surface area contributed by atoms with Crippen molar-refractivity contribution >= 4 is 11.8 Å². The number of carbonyl (C=O) groups is 1. The molecule has 1 aliphatic rings. The van der Waals surface area contributed by atoms with Gasteiger partial charge in [0, 0.05) is 18.2 Å². The minimum atomic E-state index is -0.345. The number of hydrogen-bond donors (Lipinski definition) is 0. The van der Waals surface area contributed by atoms with E-state index in [1.807, 2.05) is 26.1 Å². The number of rotatable bonds is 3. The molecule has 2 aromatic rings. The molecule has 1 aliphatic heterocycles. The van der Waals surface area contributed by atoms with Crippen LogP contribution in [0, 0.1) is 5.82 Å². The van der Waals surface area contributed by atoms with E-state index in [0.717, 1.165) is 22.5 Å². The van der Waals surface area contributed by atoms with Crippen molar-refractivity contribution in [3.8, 4) is 0 Å². The predicted octanol–water partition coefficient (Wildman–Crippen LogP) is 4.45. The van der Waals surface area contributed by atoms with Crippen LogP contribution in [0.5, 0.6) is 0 Å². The summed E-state index contributed by atoms with van der Waals surface area (Å²) in [5.41, 5.74) is 3.45. The Morgan fingerprint density at radius 3 is 2.60 bits per heavy atom. The first-order chi connectivity index (χ1) is 11.8. The molecular weight excluding hydrogens is 319 g/mol. The van der Waals surface area contributed by atoms with Crippen LogP contribution >= 0.6 is 0 Å². The summed E-state index contributed by atoms with van der Waals surface area (Å²) in [5, 5.41) is 0. The maximum atomic E-state index is 13.1. The van der Waals surface area contributed by atoms with E-state index in [1.54, 1.807) is 17.0 Å². The second-order valence-corrected chi connectivity index (χ2v) is 7.42. The lowest BCUT2D eigenvalue weighted by atomic mass is 9.91. The van der Waals surface area contributed by atoms with Crippen LogP contribution in [-0.4, -0.2) is 23.7 Å². The zero-order valence-electron chi connectivity index (χ0n) is 15.0. The van der Waals surface area contributed by atoms with Crippen molar-refractivity contribution in [2.24, 2.45) is 0 Å². The van der Waals surface area contributed by atoms with Gasteiger partial charge in [-0.2, -0.15) is 0 Å². The molecule has 3 rings (SSSR count). The molecule has 4 nitrogen and oxygen atoms in total. The van der Waals surface area contributed by atoms with Crippen LogP contribution < -0.4 is 4.90 Å². The van der Waals surface area contributed by atoms with E-state index in [4.69, 9.17) is 4.74 Å². The molecule has 5 heteroatoms. The van der Waals surface area contributed by atoms with E-state index in [-0.39, 0.29) is 23.4 Å². The lowest BCUT2D eigenvalue weighted by molar-refractivity contribution is 0.122. The Kier molecular flexibility index (Phi) is 4.50. The highest BCUT2D eigenvalue weighted by Crippen LogP contribution is 2.40. The van der Waals surface area contributed by atoms with E-state index in [1.165, 1.54) is 12.1 Å². The van der Waals surface area contributed by atoms with Gasteiger partial charge in [-0.25, -0.2) is 9.18 Å². The van der Waals surface area contributed by atoms with Gasteiger partial charge in [0.1, 0.15) is 5.82 Å². The topological polar surface area (TPSA) is 42.4 Å². The average Bonchev–Trinajstić information content (AvgIpc) is 2.80. The lowest BCUT2D eigenvalue weighted by Gasteiger charge is -2.21. The molecule has 132 valence electrons. The van der Waals surface area contributed by atoms with E-state index in [9.17, 15) is 9.18 Å². The summed E-state index contributed by atoms with van der Waals surface area (Å²) in [6, 6.07) is 8.41. The van der Waals surface area contributed by atoms with E-state index in [2.05, 4.69) is 18.8 Å². The number of hydrogen-bond acceptors (Lipinski definition) is 3. The number of ether oxygens (including phenoxy) is 1. The second kappa shape index (κ2) is 6.47. The molecule has 0 saturated carbocycles. The number of halogens is 1. The van der Waals surface area contributed by atoms with Gasteiger partial charge in [-0.1, -0.05) is 26.0 Å². The fraction of sp³-hybridized carbons (Fsp3) is 0.400. The first-order valence-corrected chi connectivity index (χ1v) is 8.48. The SMILES string of the molecule is CC(C)OC(=O)N1CC(C)(C)c2ncc(Cc3ccc(F)cc3)cc21. The van der Waals surface area contributed by atoms with Crippen molar-refractivity contribution < 1.29 is 13.9 Å². The Morgan fingerprint density at radius 2 is 1.96 bits per heavy atom. The van der Waals surface area contributed by atoms with Crippen LogP contribution in [0.4, 0.5) is 14.9 Å². The van der Waals surface area contributed by atoms with Crippen LogP contribution in [0.1, 0.15) is 44.5 Å². The number of anilines is 1. The molecule has 1 aromatic heterocycles. The average molecular weight is 342 g/mol. The molecule has 0 bridgehead atoms. The molecule has 0 spiro atoms. The van der Waals surface area contributed by atoms with E-state index >= 15 is 0 Å². The van der Waals surface area contributed by atoms with Crippen molar-refractivity contribution in [3.63, 3.8) is 0 Å². The van der Waals surface area contributed by atoms with Crippen molar-refractivity contribution in [2.75, 3.05) is 11.4 Å². The van der Waals surface area contributed by atoms with Crippen LogP contribution in [-0.2, 0) is 16.6 Å². The number of benzene rings is 1. The molecule has 0 radical (unpaired) electrons. The molecule has 1 amide bonds. The Morgan fingerprint density at radius 1 is 1.28 bits per heavy atom. The molecule has 25 heavy (non-hydrogen) atoms. The third-order valence-electron chi connectivity index (χ3n) is 4.29. The largest absolute Gasteiger partial charge is 0.446 e. The summed E-state index contributed by atoms with van der Waals surface area (Å²) in [4.78, 5) is 18.7. The fourth-order valence-corrected chi connectivity index (χ4v) is 3.14. The number of pyridine rings is 1. The number of nitrogens with zero attached hydrogens (tertiary/aromatic N) is 2. The standard InChI is InChI=1S/C20H23FN2O2/c1-13(2)25-19(24)23-12-20(3,4)18-17(23)10-15(11-22-18)9-14-5-7-16(21)8-6-14/h5-8,10-11,13H,9,12H2,1-4H3. The van der Waals surface area contributed by atoms with E-state index < -0.39 is 0 Å². The van der Waals surface area contributed by atoms with Crippen LogP contribution in [0.3, 0.4) is 0 Å². The second-order valence-electron chi connectivity index (χ2n) is 7.42. The maximum Gasteiger partial charge on any atom is 0.414 e. The van der Waals surface area contributed by atoms with Crippen molar-refractivity contribution in [1.82, 2.24) is 4.98 Å². The quantitative estimate of drug-likeness (QED) is 0.827. The minimum Gasteiger partial charge on any atom is -0.446 e. The van der Waals surface area contributed by atoms with Crippen LogP contribution in [0.25, 0.3) is 0 Å². The van der Waals surface area contributed by atoms with Gasteiger partial charge in [-0.15, -0.1) is 0 Å². The van der Waals surface area contributed by atoms with Gasteiger partial charge >= 0.3 is 6.09 Å². The zero-order chi connectivity index (χ0) is 18.2. The smallest absolute Gasteiger partial charge is 0.414 e. The van der Waals surface area contributed by atoms with Gasteiger partial charge < -0.3 is 4.74 Å². The highest BCUT2D eigenvalue weighted by molar-refractivity contribution is 5.91. The van der Waals surface area contributed by atoms with Crippen LogP contribution in [0.2, 0.25) is 0 Å². The maximum absolute atomic E-state index is 13.1. The Hall–Kier alpha value is -2.43. The molecule has 0 atom stereocenters. The van der Waals surface area contributed by atoms with Gasteiger partial charge in [0.25, 0.3) is 0 Å². The van der Waals surface area contributed by atoms with Crippen LogP contribution in [0.15, 0.2) is 36.5 Å². The summed E-state index contributed by atoms with van der Waals surface area (Å²) in [5.74, 6) is -0.250. The van der Waals surface area contributed by atoms with Crippen molar-refractivity contribution in [2.45, 2.75) is 45.6 Å². The first kappa shape index (κ1) is 17.4. The number of fused-ring (bicyclic) bond motifs is 1. The summed E-state index contributed by atoms with van der Waals surface area (Å²) in [6.07, 6.45) is 1.95. The molecule has 0 fully saturated rings. The molecule has 0 saturated heterocycles. The van der Waals surface area contributed by atoms with Gasteiger partial charge in [0.05, 0.1) is 17.5 Å². The molecular formula is C20H23FN2O2. The predicted molar refractivity (Wildman–Crippen MR) is 95.4 cm³/mol. The van der Waals surface area contributed by atoms with Gasteiger partial charge in [-0.3, -0.25) is 9.88 Å². The summed E-state index contributed by atoms with van der Waals surface area (Å²) >= 11 is 0. The number of carbonyl (C=O) groups excluding carboxylic acids is 1. The zero-order valence-corrected chi connectivity index (χ0v) is 15.0. The highest BCUT2D eigenvalue weighted by Gasteiger charge is 2.40. The van der Waals surface area contributed by atoms with E-state index in [0.29, 0.717) is 13.0 Å². The number of aromatic nitrogens is 1. The third-order valence-corrected chi connectivity index (χ3v) is 4.29. The third kappa shape index (κ3) is 3.65. The fourth-order valence-electron chi connectivity index (χ4n) is 3.14. The van der Waals surface area contributed by atoms with Gasteiger partial charge in [-0.05, 0) is 49.6 Å². The Labute approximate surface area is 147 Å². The monoisotopic (exact) mass is 342 g/mol. The highest BCUT2D eigenvalue weighted by atomic mass is 19.1. The minimum absolute atomic E-state index is 0.171. The summed E-state index contributed by atoms with van der Waals surface area (Å²) in [6.45, 7) is 8.36. The van der Waals surface area contributed by atoms with Gasteiger partial charge in [0.2, 0.25) is 0 Å². The first-order valence-electron chi connectivity index (χ1n) is 8.48. The molecule has 0 N–H and O–H groups in total. The van der Waals surface area contributed by atoms with Crippen molar-refractivity contribution in [3.05, 3.63) is 59.2 Å². The van der Waals surface area contributed by atoms with Gasteiger partial charge in [0.15, 0.2) is 0 Å². The summed E-state index contributed by atoms with van der Waals surface area (Å²) in [7, 11) is 0. The number of amides is 1. The lowest BCUT2D eigenvalue weighted by Crippen LogP contribution is -2.35.